The highest BCUT2D eigenvalue weighted by atomic mass is 32.2. The third-order valence-corrected chi connectivity index (χ3v) is 5.07. The number of nitrogens with zero attached hydrogens (tertiary/aromatic N) is 2. The third-order valence-electron chi connectivity index (χ3n) is 3.91. The van der Waals surface area contributed by atoms with Crippen LogP contribution in [0.1, 0.15) is 11.3 Å². The number of carbonyl (C=O) groups excluding carboxylic acids is 2. The Morgan fingerprint density at radius 3 is 2.92 bits per heavy atom. The highest BCUT2D eigenvalue weighted by molar-refractivity contribution is 8.26. The topological polar surface area (TPSA) is 71.5 Å². The van der Waals surface area contributed by atoms with Gasteiger partial charge in [-0.3, -0.25) is 19.5 Å². The molecule has 1 aromatic carbocycles. The summed E-state index contributed by atoms with van der Waals surface area (Å²) < 4.78 is 5.97. The van der Waals surface area contributed by atoms with E-state index in [0.29, 0.717) is 27.2 Å². The monoisotopic (exact) mass is 383 g/mol. The fourth-order valence-electron chi connectivity index (χ4n) is 2.71. The standard InChI is InChI=1S/C18H13N3O3S2/c22-16-10-24-14-5-4-11(8-15-17(23)20-18(25)26-15)7-13(14)21(16)9-12-3-1-2-6-19-12/h1-8H,9-10H2,(H,20,23,25). The van der Waals surface area contributed by atoms with Crippen LogP contribution in [0.5, 0.6) is 5.75 Å². The number of hydrogen-bond acceptors (Lipinski definition) is 6. The lowest BCUT2D eigenvalue weighted by molar-refractivity contribution is -0.121. The molecule has 0 aliphatic carbocycles. The van der Waals surface area contributed by atoms with Crippen molar-refractivity contribution in [1.29, 1.82) is 0 Å². The number of hydrogen-bond donors (Lipinski definition) is 1. The lowest BCUT2D eigenvalue weighted by atomic mass is 10.1. The van der Waals surface area contributed by atoms with Gasteiger partial charge in [-0.15, -0.1) is 0 Å². The van der Waals surface area contributed by atoms with E-state index < -0.39 is 0 Å². The number of anilines is 1. The number of thiocarbonyl (C=S) groups is 1. The highest BCUT2D eigenvalue weighted by Gasteiger charge is 2.27. The molecule has 1 aromatic heterocycles. The molecule has 6 nitrogen and oxygen atoms in total. The Hall–Kier alpha value is -2.71. The second kappa shape index (κ2) is 6.89. The van der Waals surface area contributed by atoms with Crippen molar-refractivity contribution in [3.8, 4) is 5.75 Å². The summed E-state index contributed by atoms with van der Waals surface area (Å²) in [7, 11) is 0. The number of rotatable bonds is 3. The zero-order chi connectivity index (χ0) is 18.1. The molecule has 0 radical (unpaired) electrons. The molecule has 130 valence electrons. The van der Waals surface area contributed by atoms with Gasteiger partial charge in [0, 0.05) is 6.20 Å². The molecule has 0 spiro atoms. The average molecular weight is 383 g/mol. The Labute approximate surface area is 159 Å². The number of fused-ring (bicyclic) bond motifs is 1. The summed E-state index contributed by atoms with van der Waals surface area (Å²) in [5.41, 5.74) is 2.23. The number of benzene rings is 1. The molecule has 0 bridgehead atoms. The Morgan fingerprint density at radius 2 is 2.19 bits per heavy atom. The van der Waals surface area contributed by atoms with Crippen LogP contribution in [0.15, 0.2) is 47.5 Å². The van der Waals surface area contributed by atoms with E-state index in [9.17, 15) is 9.59 Å². The second-order valence-corrected chi connectivity index (χ2v) is 7.39. The first-order valence-electron chi connectivity index (χ1n) is 7.82. The molecule has 1 N–H and O–H groups in total. The smallest absolute Gasteiger partial charge is 0.265 e. The summed E-state index contributed by atoms with van der Waals surface area (Å²) in [6.07, 6.45) is 3.44. The molecule has 1 saturated heterocycles. The van der Waals surface area contributed by atoms with Crippen molar-refractivity contribution in [3.05, 3.63) is 58.8 Å². The maximum Gasteiger partial charge on any atom is 0.265 e. The Kier molecular flexibility index (Phi) is 4.44. The number of aromatic nitrogens is 1. The van der Waals surface area contributed by atoms with E-state index in [1.54, 1.807) is 23.2 Å². The Morgan fingerprint density at radius 1 is 1.31 bits per heavy atom. The molecule has 3 heterocycles. The Balaban J connectivity index is 1.68. The van der Waals surface area contributed by atoms with Crippen LogP contribution in [0.3, 0.4) is 0 Å². The lowest BCUT2D eigenvalue weighted by Crippen LogP contribution is -2.38. The molecule has 0 saturated carbocycles. The number of ether oxygens (including phenoxy) is 1. The normalized spacial score (nSPS) is 17.9. The maximum atomic E-state index is 12.4. The minimum absolute atomic E-state index is 0.00715. The van der Waals surface area contributed by atoms with Crippen molar-refractivity contribution in [2.75, 3.05) is 11.5 Å². The molecule has 2 aliphatic heterocycles. The summed E-state index contributed by atoms with van der Waals surface area (Å²) in [5, 5.41) is 2.59. The van der Waals surface area contributed by atoms with E-state index in [-0.39, 0.29) is 18.4 Å². The van der Waals surface area contributed by atoms with Gasteiger partial charge >= 0.3 is 0 Å². The van der Waals surface area contributed by atoms with E-state index >= 15 is 0 Å². The third kappa shape index (κ3) is 3.33. The molecule has 0 atom stereocenters. The molecule has 0 unspecified atom stereocenters. The zero-order valence-corrected chi connectivity index (χ0v) is 15.1. The largest absolute Gasteiger partial charge is 0.482 e. The number of thioether (sulfide) groups is 1. The van der Waals surface area contributed by atoms with Gasteiger partial charge in [0.05, 0.1) is 22.8 Å². The molecule has 2 amide bonds. The van der Waals surface area contributed by atoms with E-state index in [0.717, 1.165) is 11.3 Å². The summed E-state index contributed by atoms with van der Waals surface area (Å²) in [4.78, 5) is 30.7. The minimum Gasteiger partial charge on any atom is -0.482 e. The van der Waals surface area contributed by atoms with Gasteiger partial charge in [-0.1, -0.05) is 36.1 Å². The quantitative estimate of drug-likeness (QED) is 0.649. The van der Waals surface area contributed by atoms with Gasteiger partial charge in [0.2, 0.25) is 0 Å². The van der Waals surface area contributed by atoms with Gasteiger partial charge in [-0.2, -0.15) is 0 Å². The van der Waals surface area contributed by atoms with Crippen LogP contribution in [0.2, 0.25) is 0 Å². The Bertz CT molecular complexity index is 944. The molecule has 2 aromatic rings. The summed E-state index contributed by atoms with van der Waals surface area (Å²) in [5.74, 6) is 0.277. The van der Waals surface area contributed by atoms with Crippen LogP contribution in [-0.4, -0.2) is 27.7 Å². The van der Waals surface area contributed by atoms with Crippen LogP contribution >= 0.6 is 24.0 Å². The predicted molar refractivity (Wildman–Crippen MR) is 104 cm³/mol. The van der Waals surface area contributed by atoms with E-state index in [4.69, 9.17) is 17.0 Å². The van der Waals surface area contributed by atoms with Crippen molar-refractivity contribution < 1.29 is 14.3 Å². The molecule has 26 heavy (non-hydrogen) atoms. The fraction of sp³-hybridized carbons (Fsp3) is 0.111. The molecule has 8 heteroatoms. The molecular formula is C18H13N3O3S2. The van der Waals surface area contributed by atoms with Gasteiger partial charge < -0.3 is 10.1 Å². The first kappa shape index (κ1) is 16.7. The number of amides is 2. The van der Waals surface area contributed by atoms with Gasteiger partial charge in [-0.05, 0) is 35.9 Å². The predicted octanol–water partition coefficient (Wildman–Crippen LogP) is 2.50. The van der Waals surface area contributed by atoms with E-state index in [1.165, 1.54) is 11.8 Å². The zero-order valence-electron chi connectivity index (χ0n) is 13.5. The SMILES string of the molecule is O=C1NC(=S)SC1=Cc1ccc2c(c1)N(Cc1ccccn1)C(=O)CO2. The van der Waals surface area contributed by atoms with Crippen LogP contribution in [0.25, 0.3) is 6.08 Å². The fourth-order valence-corrected chi connectivity index (χ4v) is 3.75. The average Bonchev–Trinajstić information content (AvgIpc) is 2.95. The number of pyridine rings is 1. The van der Waals surface area contributed by atoms with Crippen LogP contribution in [0.4, 0.5) is 5.69 Å². The maximum absolute atomic E-state index is 12.4. The van der Waals surface area contributed by atoms with Gasteiger partial charge in [-0.25, -0.2) is 0 Å². The van der Waals surface area contributed by atoms with Crippen molar-refractivity contribution >= 4 is 51.9 Å². The molecule has 4 rings (SSSR count). The second-order valence-electron chi connectivity index (χ2n) is 5.67. The summed E-state index contributed by atoms with van der Waals surface area (Å²) >= 11 is 6.22. The van der Waals surface area contributed by atoms with E-state index in [1.807, 2.05) is 30.3 Å². The lowest BCUT2D eigenvalue weighted by Gasteiger charge is -2.29. The molecule has 2 aliphatic rings. The number of carbonyl (C=O) groups is 2. The summed E-state index contributed by atoms with van der Waals surface area (Å²) in [6.45, 7) is 0.349. The van der Waals surface area contributed by atoms with Crippen molar-refractivity contribution in [3.63, 3.8) is 0 Å². The van der Waals surface area contributed by atoms with Crippen molar-refractivity contribution in [2.45, 2.75) is 6.54 Å². The van der Waals surface area contributed by atoms with E-state index in [2.05, 4.69) is 10.3 Å². The van der Waals surface area contributed by atoms with Crippen molar-refractivity contribution in [2.24, 2.45) is 0 Å². The van der Waals surface area contributed by atoms with Gasteiger partial charge in [0.25, 0.3) is 11.8 Å². The highest BCUT2D eigenvalue weighted by Crippen LogP contribution is 2.35. The minimum atomic E-state index is -0.213. The van der Waals surface area contributed by atoms with Gasteiger partial charge in [0.15, 0.2) is 6.61 Å². The van der Waals surface area contributed by atoms with Crippen LogP contribution < -0.4 is 15.0 Å². The number of nitrogens with one attached hydrogen (secondary N) is 1. The summed E-state index contributed by atoms with van der Waals surface area (Å²) in [6, 6.07) is 11.1. The van der Waals surface area contributed by atoms with Gasteiger partial charge in [0.1, 0.15) is 10.1 Å². The van der Waals surface area contributed by atoms with Crippen LogP contribution in [-0.2, 0) is 16.1 Å². The first-order chi connectivity index (χ1) is 12.6. The first-order valence-corrected chi connectivity index (χ1v) is 9.04. The molecular weight excluding hydrogens is 370 g/mol. The van der Waals surface area contributed by atoms with Crippen LogP contribution in [0, 0.1) is 0 Å². The van der Waals surface area contributed by atoms with Crippen molar-refractivity contribution in [1.82, 2.24) is 10.3 Å². The molecule has 1 fully saturated rings.